The van der Waals surface area contributed by atoms with Crippen LogP contribution in [-0.4, -0.2) is 44.9 Å². The molecule has 1 heterocycles. The van der Waals surface area contributed by atoms with Crippen LogP contribution >= 0.6 is 0 Å². The van der Waals surface area contributed by atoms with E-state index in [-0.39, 0.29) is 6.04 Å². The van der Waals surface area contributed by atoms with Crippen LogP contribution in [0.2, 0.25) is 0 Å². The molecule has 1 aliphatic rings. The topological polar surface area (TPSA) is 61.4 Å². The van der Waals surface area contributed by atoms with Gasteiger partial charge in [0.15, 0.2) is 0 Å². The lowest BCUT2D eigenvalue weighted by atomic mass is 10.1. The molecule has 6 heteroatoms. The molecule has 0 radical (unpaired) electrons. The zero-order valence-electron chi connectivity index (χ0n) is 11.6. The molecule has 0 saturated carbocycles. The predicted octanol–water partition coefficient (Wildman–Crippen LogP) is 1.08. The van der Waals surface area contributed by atoms with Gasteiger partial charge in [0.25, 0.3) is 10.2 Å². The third-order valence-corrected chi connectivity index (χ3v) is 4.99. The van der Waals surface area contributed by atoms with Crippen molar-refractivity contribution in [1.29, 1.82) is 0 Å². The van der Waals surface area contributed by atoms with Crippen LogP contribution in [0.15, 0.2) is 0 Å². The summed E-state index contributed by atoms with van der Waals surface area (Å²) >= 11 is 0. The van der Waals surface area contributed by atoms with Gasteiger partial charge in [-0.2, -0.15) is 12.7 Å². The van der Waals surface area contributed by atoms with E-state index in [4.69, 9.17) is 0 Å². The molecule has 0 bridgehead atoms. The molecule has 1 aliphatic heterocycles. The summed E-state index contributed by atoms with van der Waals surface area (Å²) in [4.78, 5) is 0. The second-order valence-electron chi connectivity index (χ2n) is 4.82. The Morgan fingerprint density at radius 1 is 1.28 bits per heavy atom. The lowest BCUT2D eigenvalue weighted by Gasteiger charge is -2.34. The van der Waals surface area contributed by atoms with Gasteiger partial charge in [0.1, 0.15) is 0 Å². The van der Waals surface area contributed by atoms with Crippen molar-refractivity contribution in [1.82, 2.24) is 14.3 Å². The average Bonchev–Trinajstić information content (AvgIpc) is 2.37. The molecular formula is C12H27N3O2S. The van der Waals surface area contributed by atoms with Crippen molar-refractivity contribution < 1.29 is 8.42 Å². The minimum atomic E-state index is -3.29. The third-order valence-electron chi connectivity index (χ3n) is 3.33. The first kappa shape index (κ1) is 15.9. The Hall–Kier alpha value is -0.170. The largest absolute Gasteiger partial charge is 0.315 e. The van der Waals surface area contributed by atoms with Gasteiger partial charge in [0.2, 0.25) is 0 Å². The molecule has 108 valence electrons. The predicted molar refractivity (Wildman–Crippen MR) is 74.7 cm³/mol. The molecule has 0 aliphatic carbocycles. The normalized spacial score (nSPS) is 22.2. The lowest BCUT2D eigenvalue weighted by Crippen LogP contribution is -2.52. The Morgan fingerprint density at radius 2 is 2.06 bits per heavy atom. The molecule has 1 saturated heterocycles. The van der Waals surface area contributed by atoms with Gasteiger partial charge in [-0.05, 0) is 25.8 Å². The zero-order valence-corrected chi connectivity index (χ0v) is 12.4. The number of hydrogen-bond donors (Lipinski definition) is 2. The van der Waals surface area contributed by atoms with Crippen molar-refractivity contribution in [3.63, 3.8) is 0 Å². The molecule has 2 N–H and O–H groups in total. The number of nitrogens with one attached hydrogen (secondary N) is 2. The van der Waals surface area contributed by atoms with Crippen LogP contribution in [0.25, 0.3) is 0 Å². The minimum Gasteiger partial charge on any atom is -0.315 e. The number of rotatable bonds is 8. The molecule has 1 unspecified atom stereocenters. The van der Waals surface area contributed by atoms with Crippen LogP contribution in [0.3, 0.4) is 0 Å². The van der Waals surface area contributed by atoms with E-state index >= 15 is 0 Å². The van der Waals surface area contributed by atoms with Gasteiger partial charge in [0, 0.05) is 25.7 Å². The SMILES string of the molecule is CCCCNS(=O)(=O)N1CCCCC1CNCC. The summed E-state index contributed by atoms with van der Waals surface area (Å²) in [5.41, 5.74) is 0. The number of likely N-dealkylation sites (N-methyl/N-ethyl adjacent to an activating group) is 1. The van der Waals surface area contributed by atoms with E-state index in [0.717, 1.165) is 45.2 Å². The molecule has 5 nitrogen and oxygen atoms in total. The minimum absolute atomic E-state index is 0.109. The highest BCUT2D eigenvalue weighted by atomic mass is 32.2. The Kier molecular flexibility index (Phi) is 7.14. The maximum absolute atomic E-state index is 12.2. The first-order chi connectivity index (χ1) is 8.61. The van der Waals surface area contributed by atoms with Crippen molar-refractivity contribution in [3.05, 3.63) is 0 Å². The maximum atomic E-state index is 12.2. The fourth-order valence-corrected chi connectivity index (χ4v) is 3.78. The second-order valence-corrected chi connectivity index (χ2v) is 6.53. The fraction of sp³-hybridized carbons (Fsp3) is 1.00. The van der Waals surface area contributed by atoms with E-state index in [1.165, 1.54) is 0 Å². The number of nitrogens with zero attached hydrogens (tertiary/aromatic N) is 1. The van der Waals surface area contributed by atoms with Gasteiger partial charge in [-0.1, -0.05) is 26.7 Å². The van der Waals surface area contributed by atoms with Gasteiger partial charge in [0.05, 0.1) is 0 Å². The Balaban J connectivity index is 2.57. The first-order valence-corrected chi connectivity index (χ1v) is 8.53. The van der Waals surface area contributed by atoms with Crippen LogP contribution in [0.4, 0.5) is 0 Å². The summed E-state index contributed by atoms with van der Waals surface area (Å²) in [6.07, 6.45) is 4.95. The fourth-order valence-electron chi connectivity index (χ4n) is 2.27. The Bertz CT molecular complexity index is 319. The van der Waals surface area contributed by atoms with Gasteiger partial charge in [-0.15, -0.1) is 0 Å². The Labute approximate surface area is 112 Å². The van der Waals surface area contributed by atoms with Crippen molar-refractivity contribution in [2.45, 2.75) is 52.0 Å². The molecule has 0 spiro atoms. The molecular weight excluding hydrogens is 250 g/mol. The van der Waals surface area contributed by atoms with E-state index in [2.05, 4.69) is 17.0 Å². The summed E-state index contributed by atoms with van der Waals surface area (Å²) < 4.78 is 28.8. The molecule has 1 fully saturated rings. The van der Waals surface area contributed by atoms with Crippen LogP contribution in [0.5, 0.6) is 0 Å². The quantitative estimate of drug-likeness (QED) is 0.653. The number of hydrogen-bond acceptors (Lipinski definition) is 3. The molecule has 18 heavy (non-hydrogen) atoms. The smallest absolute Gasteiger partial charge is 0.279 e. The van der Waals surface area contributed by atoms with Gasteiger partial charge >= 0.3 is 0 Å². The summed E-state index contributed by atoms with van der Waals surface area (Å²) in [5.74, 6) is 0. The van der Waals surface area contributed by atoms with E-state index in [9.17, 15) is 8.42 Å². The van der Waals surface area contributed by atoms with Crippen molar-refractivity contribution in [2.24, 2.45) is 0 Å². The monoisotopic (exact) mass is 277 g/mol. The summed E-state index contributed by atoms with van der Waals surface area (Å²) in [6.45, 7) is 6.93. The molecule has 0 aromatic rings. The number of piperidine rings is 1. The summed E-state index contributed by atoms with van der Waals surface area (Å²) in [6, 6.07) is 0.109. The molecule has 0 amide bonds. The van der Waals surface area contributed by atoms with Crippen molar-refractivity contribution in [3.8, 4) is 0 Å². The lowest BCUT2D eigenvalue weighted by molar-refractivity contribution is 0.244. The maximum Gasteiger partial charge on any atom is 0.279 e. The number of unbranched alkanes of at least 4 members (excludes halogenated alkanes) is 1. The van der Waals surface area contributed by atoms with Crippen LogP contribution in [0, 0.1) is 0 Å². The summed E-state index contributed by atoms with van der Waals surface area (Å²) in [7, 11) is -3.29. The van der Waals surface area contributed by atoms with Gasteiger partial charge in [-0.25, -0.2) is 4.72 Å². The van der Waals surface area contributed by atoms with Crippen molar-refractivity contribution in [2.75, 3.05) is 26.2 Å². The van der Waals surface area contributed by atoms with E-state index in [0.29, 0.717) is 13.1 Å². The Morgan fingerprint density at radius 3 is 2.72 bits per heavy atom. The molecule has 1 rings (SSSR count). The summed E-state index contributed by atoms with van der Waals surface area (Å²) in [5, 5.41) is 3.25. The highest BCUT2D eigenvalue weighted by Gasteiger charge is 2.31. The van der Waals surface area contributed by atoms with E-state index in [1.807, 2.05) is 6.92 Å². The van der Waals surface area contributed by atoms with Crippen LogP contribution in [0.1, 0.15) is 46.0 Å². The van der Waals surface area contributed by atoms with Gasteiger partial charge < -0.3 is 5.32 Å². The van der Waals surface area contributed by atoms with E-state index in [1.54, 1.807) is 4.31 Å². The van der Waals surface area contributed by atoms with Crippen molar-refractivity contribution >= 4 is 10.2 Å². The average molecular weight is 277 g/mol. The van der Waals surface area contributed by atoms with Gasteiger partial charge in [-0.3, -0.25) is 0 Å². The standard InChI is InChI=1S/C12H27N3O2S/c1-3-5-9-14-18(16,17)15-10-7-6-8-12(15)11-13-4-2/h12-14H,3-11H2,1-2H3. The molecule has 0 aromatic heterocycles. The van der Waals surface area contributed by atoms with Crippen LogP contribution < -0.4 is 10.0 Å². The highest BCUT2D eigenvalue weighted by Crippen LogP contribution is 2.19. The van der Waals surface area contributed by atoms with E-state index < -0.39 is 10.2 Å². The zero-order chi connectivity index (χ0) is 13.4. The third kappa shape index (κ3) is 4.84. The van der Waals surface area contributed by atoms with Crippen LogP contribution in [-0.2, 0) is 10.2 Å². The molecule has 1 atom stereocenters. The first-order valence-electron chi connectivity index (χ1n) is 7.09. The highest BCUT2D eigenvalue weighted by molar-refractivity contribution is 7.87. The second kappa shape index (κ2) is 8.09. The molecule has 0 aromatic carbocycles.